The van der Waals surface area contributed by atoms with Crippen molar-refractivity contribution in [1.82, 2.24) is 14.4 Å². The molecule has 2 saturated heterocycles. The first kappa shape index (κ1) is 22.5. The minimum absolute atomic E-state index is 0.102. The number of aromatic nitrogens is 1. The number of piperazine rings is 1. The molecule has 2 aliphatic heterocycles. The summed E-state index contributed by atoms with van der Waals surface area (Å²) < 4.78 is 2.10. The summed E-state index contributed by atoms with van der Waals surface area (Å²) in [6.07, 6.45) is 3.69. The van der Waals surface area contributed by atoms with Crippen LogP contribution >= 0.6 is 24.0 Å². The molecule has 0 atom stereocenters. The molecule has 1 amide bonds. The lowest BCUT2D eigenvalue weighted by molar-refractivity contribution is -0.122. The van der Waals surface area contributed by atoms with E-state index in [9.17, 15) is 14.9 Å². The molecule has 3 rings (SSSR count). The van der Waals surface area contributed by atoms with Crippen LogP contribution in [-0.2, 0) is 11.8 Å². The minimum Gasteiger partial charge on any atom is -0.355 e. The van der Waals surface area contributed by atoms with Crippen LogP contribution in [0.25, 0.3) is 6.08 Å². The fraction of sp³-hybridized carbons (Fsp3) is 0.524. The molecular weight excluding hydrogens is 418 g/mol. The average Bonchev–Trinajstić information content (AvgIpc) is 2.99. The highest BCUT2D eigenvalue weighted by Crippen LogP contribution is 2.35. The molecule has 1 aromatic heterocycles. The topological polar surface area (TPSA) is 72.6 Å². The Morgan fingerprint density at radius 3 is 2.47 bits per heavy atom. The predicted molar refractivity (Wildman–Crippen MR) is 126 cm³/mol. The second-order valence-corrected chi connectivity index (χ2v) is 9.37. The fourth-order valence-electron chi connectivity index (χ4n) is 3.75. The third kappa shape index (κ3) is 4.17. The summed E-state index contributed by atoms with van der Waals surface area (Å²) in [5.74, 6) is 0.651. The maximum atomic E-state index is 13.0. The van der Waals surface area contributed by atoms with Crippen LogP contribution in [0, 0.1) is 18.3 Å². The maximum Gasteiger partial charge on any atom is 0.270 e. The lowest BCUT2D eigenvalue weighted by Gasteiger charge is -2.36. The highest BCUT2D eigenvalue weighted by Gasteiger charge is 2.33. The van der Waals surface area contributed by atoms with E-state index in [0.717, 1.165) is 50.4 Å². The van der Waals surface area contributed by atoms with Gasteiger partial charge in [0.25, 0.3) is 11.5 Å². The molecule has 0 spiro atoms. The standard InChI is InChI=1S/C21H27N5O2S2/c1-5-6-7-26-20(28)17(30-21(26)29)12-15-14(2)16(13-22)19(27)24(4)18(15)25-10-8-23(3)9-11-25/h12H,5-11H2,1-4H3. The van der Waals surface area contributed by atoms with E-state index in [2.05, 4.69) is 23.8 Å². The van der Waals surface area contributed by atoms with E-state index in [1.54, 1.807) is 23.4 Å². The van der Waals surface area contributed by atoms with Crippen LogP contribution in [0.4, 0.5) is 5.82 Å². The van der Waals surface area contributed by atoms with Crippen molar-refractivity contribution in [3.8, 4) is 6.07 Å². The summed E-state index contributed by atoms with van der Waals surface area (Å²) in [6, 6.07) is 2.05. The zero-order valence-electron chi connectivity index (χ0n) is 17.9. The van der Waals surface area contributed by atoms with Gasteiger partial charge in [0.05, 0.1) is 4.91 Å². The zero-order chi connectivity index (χ0) is 22.0. The maximum absolute atomic E-state index is 13.0. The predicted octanol–water partition coefficient (Wildman–Crippen LogP) is 2.32. The SMILES string of the molecule is CCCCN1C(=O)C(=Cc2c(C)c(C#N)c(=O)n(C)c2N2CCN(C)CC2)SC1=S. The lowest BCUT2D eigenvalue weighted by atomic mass is 10.0. The number of hydrogen-bond donors (Lipinski definition) is 0. The Hall–Kier alpha value is -2.15. The zero-order valence-corrected chi connectivity index (χ0v) is 19.5. The number of carbonyl (C=O) groups excluding carboxylic acids is 1. The van der Waals surface area contributed by atoms with E-state index in [1.165, 1.54) is 11.8 Å². The number of anilines is 1. The highest BCUT2D eigenvalue weighted by molar-refractivity contribution is 8.26. The van der Waals surface area contributed by atoms with Crippen LogP contribution in [0.5, 0.6) is 0 Å². The summed E-state index contributed by atoms with van der Waals surface area (Å²) >= 11 is 6.71. The Morgan fingerprint density at radius 1 is 1.20 bits per heavy atom. The smallest absolute Gasteiger partial charge is 0.270 e. The second-order valence-electron chi connectivity index (χ2n) is 7.69. The Kier molecular flexibility index (Phi) is 7.01. The van der Waals surface area contributed by atoms with E-state index < -0.39 is 0 Å². The van der Waals surface area contributed by atoms with Gasteiger partial charge in [0.1, 0.15) is 21.8 Å². The summed E-state index contributed by atoms with van der Waals surface area (Å²) in [7, 11) is 3.77. The molecule has 0 N–H and O–H groups in total. The van der Waals surface area contributed by atoms with Gasteiger partial charge < -0.3 is 9.80 Å². The molecule has 2 fully saturated rings. The largest absolute Gasteiger partial charge is 0.355 e. The number of nitrogens with zero attached hydrogens (tertiary/aromatic N) is 5. The molecule has 0 unspecified atom stereocenters. The number of rotatable bonds is 5. The van der Waals surface area contributed by atoms with E-state index in [4.69, 9.17) is 12.2 Å². The number of amides is 1. The fourth-order valence-corrected chi connectivity index (χ4v) is 5.04. The monoisotopic (exact) mass is 445 g/mol. The molecule has 1 aromatic rings. The summed E-state index contributed by atoms with van der Waals surface area (Å²) in [6.45, 7) is 7.77. The van der Waals surface area contributed by atoms with Crippen LogP contribution in [0.2, 0.25) is 0 Å². The van der Waals surface area contributed by atoms with Crippen molar-refractivity contribution in [1.29, 1.82) is 5.26 Å². The van der Waals surface area contributed by atoms with Crippen LogP contribution in [0.15, 0.2) is 9.70 Å². The number of nitriles is 1. The Balaban J connectivity index is 2.12. The summed E-state index contributed by atoms with van der Waals surface area (Å²) in [4.78, 5) is 32.4. The second kappa shape index (κ2) is 9.33. The minimum atomic E-state index is -0.309. The first-order valence-corrected chi connectivity index (χ1v) is 11.3. The van der Waals surface area contributed by atoms with Gasteiger partial charge in [-0.15, -0.1) is 0 Å². The summed E-state index contributed by atoms with van der Waals surface area (Å²) in [5.41, 5.74) is 1.15. The Morgan fingerprint density at radius 2 is 1.87 bits per heavy atom. The van der Waals surface area contributed by atoms with Crippen molar-refractivity contribution in [2.75, 3.05) is 44.7 Å². The molecule has 0 bridgehead atoms. The third-order valence-corrected chi connectivity index (χ3v) is 7.03. The lowest BCUT2D eigenvalue weighted by Crippen LogP contribution is -2.46. The Labute approximate surface area is 186 Å². The number of pyridine rings is 1. The molecule has 30 heavy (non-hydrogen) atoms. The van der Waals surface area contributed by atoms with Gasteiger partial charge in [-0.1, -0.05) is 37.3 Å². The van der Waals surface area contributed by atoms with Gasteiger partial charge in [0.15, 0.2) is 0 Å². The number of thiocarbonyl (C=S) groups is 1. The van der Waals surface area contributed by atoms with Gasteiger partial charge in [0.2, 0.25) is 0 Å². The molecule has 2 aliphatic rings. The normalized spacial score (nSPS) is 19.1. The first-order valence-electron chi connectivity index (χ1n) is 10.1. The van der Waals surface area contributed by atoms with Crippen molar-refractivity contribution in [2.24, 2.45) is 7.05 Å². The van der Waals surface area contributed by atoms with E-state index in [1.807, 2.05) is 12.1 Å². The third-order valence-electron chi connectivity index (χ3n) is 5.66. The van der Waals surface area contributed by atoms with Crippen LogP contribution in [0.1, 0.15) is 36.5 Å². The van der Waals surface area contributed by atoms with Gasteiger partial charge in [0, 0.05) is 45.3 Å². The molecule has 0 aromatic carbocycles. The summed E-state index contributed by atoms with van der Waals surface area (Å²) in [5, 5.41) is 9.57. The van der Waals surface area contributed by atoms with E-state index >= 15 is 0 Å². The molecule has 7 nitrogen and oxygen atoms in total. The first-order chi connectivity index (χ1) is 14.3. The van der Waals surface area contributed by atoms with Crippen molar-refractivity contribution in [2.45, 2.75) is 26.7 Å². The molecular formula is C21H27N5O2S2. The highest BCUT2D eigenvalue weighted by atomic mass is 32.2. The van der Waals surface area contributed by atoms with Crippen LogP contribution < -0.4 is 10.5 Å². The van der Waals surface area contributed by atoms with Gasteiger partial charge >= 0.3 is 0 Å². The molecule has 9 heteroatoms. The molecule has 0 saturated carbocycles. The average molecular weight is 446 g/mol. The number of carbonyl (C=O) groups is 1. The number of unbranched alkanes of at least 4 members (excludes halogenated alkanes) is 1. The van der Waals surface area contributed by atoms with Gasteiger partial charge in [-0.05, 0) is 32.0 Å². The Bertz CT molecular complexity index is 1000. The van der Waals surface area contributed by atoms with Crippen molar-refractivity contribution < 1.29 is 4.79 Å². The van der Waals surface area contributed by atoms with Crippen molar-refractivity contribution >= 4 is 46.1 Å². The van der Waals surface area contributed by atoms with Crippen molar-refractivity contribution in [3.63, 3.8) is 0 Å². The van der Waals surface area contributed by atoms with Crippen molar-refractivity contribution in [3.05, 3.63) is 31.9 Å². The van der Waals surface area contributed by atoms with Gasteiger partial charge in [-0.2, -0.15) is 5.26 Å². The van der Waals surface area contributed by atoms with E-state index in [0.29, 0.717) is 21.3 Å². The molecule has 160 valence electrons. The number of thioether (sulfide) groups is 1. The number of hydrogen-bond acceptors (Lipinski definition) is 7. The molecule has 3 heterocycles. The van der Waals surface area contributed by atoms with Gasteiger partial charge in [-0.25, -0.2) is 0 Å². The number of likely N-dealkylation sites (N-methyl/N-ethyl adjacent to an activating group) is 1. The molecule has 0 aliphatic carbocycles. The van der Waals surface area contributed by atoms with Gasteiger partial charge in [-0.3, -0.25) is 19.1 Å². The van der Waals surface area contributed by atoms with E-state index in [-0.39, 0.29) is 17.0 Å². The van der Waals surface area contributed by atoms with Crippen LogP contribution in [-0.4, -0.2) is 64.4 Å². The quantitative estimate of drug-likeness (QED) is 0.509. The van der Waals surface area contributed by atoms with Crippen LogP contribution in [0.3, 0.4) is 0 Å². The molecule has 0 radical (unpaired) electrons.